The van der Waals surface area contributed by atoms with E-state index in [0.29, 0.717) is 0 Å². The molecule has 0 saturated heterocycles. The van der Waals surface area contributed by atoms with Gasteiger partial charge in [0.15, 0.2) is 0 Å². The largest absolute Gasteiger partial charge is 0.663 e. The monoisotopic (exact) mass is 866 g/mol. The van der Waals surface area contributed by atoms with Gasteiger partial charge in [0.2, 0.25) is 0 Å². The number of rotatable bonds is 7. The summed E-state index contributed by atoms with van der Waals surface area (Å²) < 4.78 is 0. The Morgan fingerprint density at radius 1 is 0.360 bits per heavy atom. The van der Waals surface area contributed by atoms with Crippen LogP contribution in [0.1, 0.15) is 5.56 Å². The zero-order chi connectivity index (χ0) is 33.5. The van der Waals surface area contributed by atoms with Crippen molar-refractivity contribution in [3.63, 3.8) is 0 Å². The Morgan fingerprint density at radius 2 is 0.660 bits per heavy atom. The third-order valence-corrected chi connectivity index (χ3v) is 13.7. The average Bonchev–Trinajstić information content (AvgIpc) is 3.68. The molecule has 0 N–H and O–H groups in total. The van der Waals surface area contributed by atoms with Crippen LogP contribution in [0.5, 0.6) is 0 Å². The van der Waals surface area contributed by atoms with E-state index in [1.54, 1.807) is 0 Å². The molecule has 0 spiro atoms. The minimum atomic E-state index is -0.877. The van der Waals surface area contributed by atoms with Crippen LogP contribution in [0, 0.1) is 6.92 Å². The molecule has 50 heavy (non-hydrogen) atoms. The fourth-order valence-corrected chi connectivity index (χ4v) is 11.1. The molecule has 0 aliphatic rings. The Morgan fingerprint density at radius 3 is 0.940 bits per heavy atom. The predicted molar refractivity (Wildman–Crippen MR) is 219 cm³/mol. The molecule has 8 aromatic rings. The molecule has 4 heteroatoms. The summed E-state index contributed by atoms with van der Waals surface area (Å²) in [6.45, 7) is 3.85. The Bertz CT molecular complexity index is 1780. The first-order chi connectivity index (χ1) is 24.3. The van der Waals surface area contributed by atoms with Gasteiger partial charge in [-0.05, 0) is 78.2 Å². The van der Waals surface area contributed by atoms with E-state index in [4.69, 9.17) is 0 Å². The molecule has 251 valence electrons. The normalized spacial score (nSPS) is 10.4. The number of hydrogen-bond donors (Lipinski definition) is 0. The molecule has 0 bridgehead atoms. The van der Waals surface area contributed by atoms with E-state index in [2.05, 4.69) is 206 Å². The van der Waals surface area contributed by atoms with Gasteiger partial charge in [0.1, 0.15) is 31.8 Å². The molecule has 8 rings (SSSR count). The van der Waals surface area contributed by atoms with E-state index in [9.17, 15) is 0 Å². The molecule has 1 heterocycles. The maximum Gasteiger partial charge on any atom is 0.102 e. The van der Waals surface area contributed by atoms with Crippen LogP contribution in [0.3, 0.4) is 0 Å². The summed E-state index contributed by atoms with van der Waals surface area (Å²) >= 11 is 0. The minimum Gasteiger partial charge on any atom is -0.663 e. The van der Waals surface area contributed by atoms with E-state index in [1.165, 1.54) is 42.8 Å². The Labute approximate surface area is 315 Å². The summed E-state index contributed by atoms with van der Waals surface area (Å²) in [5.74, 6) is 0. The van der Waals surface area contributed by atoms with Crippen molar-refractivity contribution in [2.45, 2.75) is 6.42 Å². The number of hydrogen-bond acceptors (Lipinski definition) is 0. The van der Waals surface area contributed by atoms with Gasteiger partial charge in [-0.3, -0.25) is 0 Å². The van der Waals surface area contributed by atoms with Crippen molar-refractivity contribution in [3.05, 3.63) is 225 Å². The molecule has 0 atom stereocenters. The van der Waals surface area contributed by atoms with Crippen molar-refractivity contribution in [1.82, 2.24) is 4.98 Å². The molecule has 1 aromatic heterocycles. The number of fused-ring (bicyclic) bond motifs is 1. The van der Waals surface area contributed by atoms with E-state index in [0.717, 1.165) is 11.9 Å². The molecule has 0 fully saturated rings. The van der Waals surface area contributed by atoms with Crippen LogP contribution in [0.15, 0.2) is 212 Å². The van der Waals surface area contributed by atoms with E-state index in [-0.39, 0.29) is 22.4 Å². The first kappa shape index (κ1) is 36.9. The Hall–Kier alpha value is -4.32. The molecule has 0 aliphatic heterocycles. The van der Waals surface area contributed by atoms with Gasteiger partial charge in [0.25, 0.3) is 0 Å². The third kappa shape index (κ3) is 9.89. The van der Waals surface area contributed by atoms with Gasteiger partial charge in [-0.15, -0.1) is 5.52 Å². The number of benzene rings is 7. The van der Waals surface area contributed by atoms with Gasteiger partial charge >= 0.3 is 0 Å². The molecule has 0 unspecified atom stereocenters. The molecular weight excluding hydrogens is 825 g/mol. The summed E-state index contributed by atoms with van der Waals surface area (Å²) in [6, 6.07) is 73.2. The average molecular weight is 867 g/mol. The van der Waals surface area contributed by atoms with Gasteiger partial charge in [-0.2, -0.15) is 12.6 Å². The van der Waals surface area contributed by atoms with Crippen molar-refractivity contribution in [1.29, 1.82) is 0 Å². The first-order valence-corrected chi connectivity index (χ1v) is 19.7. The molecule has 1 radical (unpaired) electrons. The van der Waals surface area contributed by atoms with Crippen molar-refractivity contribution in [2.75, 3.05) is 0 Å². The SMILES string of the molecule is [Au].[CH2-]Cc1cccc2cc[n-]c12.c1ccc([PH+](c2ccccc2)c2ccccc2)cc1.c1ccc([PH+](c2ccccc2)c2ccccc2)cc1. The van der Waals surface area contributed by atoms with Crippen LogP contribution in [-0.4, -0.2) is 0 Å². The van der Waals surface area contributed by atoms with Gasteiger partial charge in [-0.25, -0.2) is 0 Å². The van der Waals surface area contributed by atoms with Crippen LogP contribution in [0.25, 0.3) is 10.9 Å². The topological polar surface area (TPSA) is 14.1 Å². The quantitative estimate of drug-likeness (QED) is 0.0891. The van der Waals surface area contributed by atoms with Crippen LogP contribution >= 0.6 is 15.8 Å². The number of aromatic nitrogens is 1. The zero-order valence-electron chi connectivity index (χ0n) is 27.9. The second kappa shape index (κ2) is 19.8. The third-order valence-electron chi connectivity index (χ3n) is 8.25. The van der Waals surface area contributed by atoms with Crippen molar-refractivity contribution < 1.29 is 22.4 Å². The zero-order valence-corrected chi connectivity index (χ0v) is 32.0. The molecule has 0 amide bonds. The molecule has 1 nitrogen and oxygen atoms in total. The van der Waals surface area contributed by atoms with Crippen LogP contribution < -0.4 is 36.8 Å². The number of para-hydroxylation sites is 1. The van der Waals surface area contributed by atoms with Gasteiger partial charge in [0.05, 0.1) is 15.8 Å². The van der Waals surface area contributed by atoms with E-state index >= 15 is 0 Å². The van der Waals surface area contributed by atoms with Crippen molar-refractivity contribution in [2.24, 2.45) is 0 Å². The number of nitrogens with zero attached hydrogens (tertiary/aromatic N) is 1. The van der Waals surface area contributed by atoms with Crippen molar-refractivity contribution in [3.8, 4) is 0 Å². The molecule has 0 aliphatic carbocycles. The Balaban J connectivity index is 0.000000150. The summed E-state index contributed by atoms with van der Waals surface area (Å²) in [6.07, 6.45) is 2.65. The standard InChI is InChI=1S/2C18H15P.C10H9N.Au/c2*1-4-10-16(11-5-1)19(17-12-6-2-7-13-17)18-14-8-3-9-15-18;1-2-8-4-3-5-9-6-7-11-10(8)9;/h2*1-15H;3-7H,1-2H2;/q;;-2;/p+2. The fourth-order valence-electron chi connectivity index (χ4n) is 5.93. The molecule has 7 aromatic carbocycles. The van der Waals surface area contributed by atoms with Crippen LogP contribution in [0.2, 0.25) is 0 Å². The smallest absolute Gasteiger partial charge is 0.102 e. The van der Waals surface area contributed by atoms with E-state index in [1.807, 2.05) is 18.3 Å². The summed E-state index contributed by atoms with van der Waals surface area (Å²) in [4.78, 5) is 4.25. The first-order valence-electron chi connectivity index (χ1n) is 16.7. The maximum absolute atomic E-state index is 4.25. The van der Waals surface area contributed by atoms with Gasteiger partial charge in [0, 0.05) is 22.4 Å². The second-order valence-corrected chi connectivity index (χ2v) is 16.5. The molecule has 0 saturated carbocycles. The maximum atomic E-state index is 4.25. The van der Waals surface area contributed by atoms with Crippen LogP contribution in [0.4, 0.5) is 0 Å². The van der Waals surface area contributed by atoms with Crippen molar-refractivity contribution >= 4 is 58.6 Å². The van der Waals surface area contributed by atoms with Gasteiger partial charge < -0.3 is 11.9 Å². The summed E-state index contributed by atoms with van der Waals surface area (Å²) in [5, 5.41) is 9.82. The second-order valence-electron chi connectivity index (χ2n) is 11.5. The Kier molecular flexibility index (Phi) is 14.6. The predicted octanol–water partition coefficient (Wildman–Crippen LogP) is 8.53. The fraction of sp³-hybridized carbons (Fsp3) is 0.0217. The summed E-state index contributed by atoms with van der Waals surface area (Å²) in [7, 11) is -1.75. The summed E-state index contributed by atoms with van der Waals surface area (Å²) in [5.41, 5.74) is 2.33. The molecular formula is C46H41AuNP2. The van der Waals surface area contributed by atoms with E-state index < -0.39 is 15.8 Å². The minimum absolute atomic E-state index is 0. The van der Waals surface area contributed by atoms with Crippen LogP contribution in [-0.2, 0) is 28.8 Å². The van der Waals surface area contributed by atoms with Gasteiger partial charge in [-0.1, -0.05) is 139 Å².